The molecule has 0 amide bonds. The molecule has 2 aliphatic rings. The van der Waals surface area contributed by atoms with Gasteiger partial charge in [-0.15, -0.1) is 0 Å². The maximum Gasteiger partial charge on any atom is 0.337 e. The van der Waals surface area contributed by atoms with Gasteiger partial charge in [0.05, 0.1) is 38.6 Å². The van der Waals surface area contributed by atoms with Crippen molar-refractivity contribution in [2.24, 2.45) is 5.92 Å². The summed E-state index contributed by atoms with van der Waals surface area (Å²) in [6, 6.07) is 4.23. The number of rotatable bonds is 9. The molecule has 7 atom stereocenters. The molecular weight excluding hydrogens is 508 g/mol. The molecule has 38 heavy (non-hydrogen) atoms. The topological polar surface area (TPSA) is 202 Å². The summed E-state index contributed by atoms with van der Waals surface area (Å²) >= 11 is 0. The lowest BCUT2D eigenvalue weighted by Gasteiger charge is -2.41. The van der Waals surface area contributed by atoms with Gasteiger partial charge in [0.1, 0.15) is 24.4 Å². The van der Waals surface area contributed by atoms with Crippen molar-refractivity contribution >= 4 is 11.9 Å². The normalized spacial score (nSPS) is 30.3. The Balaban J connectivity index is 1.71. The van der Waals surface area contributed by atoms with Crippen molar-refractivity contribution in [1.29, 1.82) is 0 Å². The van der Waals surface area contributed by atoms with Crippen LogP contribution in [0.2, 0.25) is 0 Å². The SMILES string of the molecule is C/C=C1\C(O[C@H]2O[C@@H](CO)[C@H](O)[C@@H](O)[C@@H]2O)OC=C(C(=O)OC)C1CC(=O)OCCc1ccc(O)c(O)c1. The van der Waals surface area contributed by atoms with E-state index >= 15 is 0 Å². The van der Waals surface area contributed by atoms with Crippen LogP contribution in [0, 0.1) is 5.92 Å². The molecule has 2 unspecified atom stereocenters. The Labute approximate surface area is 218 Å². The predicted molar refractivity (Wildman–Crippen MR) is 126 cm³/mol. The van der Waals surface area contributed by atoms with Gasteiger partial charge in [0.25, 0.3) is 0 Å². The Bertz CT molecular complexity index is 1050. The number of aliphatic hydroxyl groups is 4. The number of carbonyl (C=O) groups is 2. The van der Waals surface area contributed by atoms with E-state index < -0.39 is 61.5 Å². The van der Waals surface area contributed by atoms with E-state index in [2.05, 4.69) is 0 Å². The monoisotopic (exact) mass is 540 g/mol. The van der Waals surface area contributed by atoms with Crippen molar-refractivity contribution in [2.75, 3.05) is 20.3 Å². The number of ether oxygens (including phenoxy) is 5. The van der Waals surface area contributed by atoms with Crippen molar-refractivity contribution in [2.45, 2.75) is 56.8 Å². The molecule has 0 spiro atoms. The Morgan fingerprint density at radius 3 is 2.45 bits per heavy atom. The fraction of sp³-hybridized carbons (Fsp3) is 0.520. The summed E-state index contributed by atoms with van der Waals surface area (Å²) in [6.45, 7) is 0.912. The molecule has 1 saturated heterocycles. The lowest BCUT2D eigenvalue weighted by Crippen LogP contribution is -2.60. The van der Waals surface area contributed by atoms with Gasteiger partial charge in [0.15, 0.2) is 17.8 Å². The van der Waals surface area contributed by atoms with Crippen LogP contribution in [-0.4, -0.2) is 99.9 Å². The maximum absolute atomic E-state index is 12.7. The molecule has 0 radical (unpaired) electrons. The van der Waals surface area contributed by atoms with E-state index in [1.165, 1.54) is 12.1 Å². The zero-order valence-corrected chi connectivity index (χ0v) is 20.8. The van der Waals surface area contributed by atoms with Crippen LogP contribution in [-0.2, 0) is 39.7 Å². The van der Waals surface area contributed by atoms with Crippen molar-refractivity contribution in [1.82, 2.24) is 0 Å². The summed E-state index contributed by atoms with van der Waals surface area (Å²) in [7, 11) is 1.16. The van der Waals surface area contributed by atoms with Crippen molar-refractivity contribution < 1.29 is 63.9 Å². The summed E-state index contributed by atoms with van der Waals surface area (Å²) in [5.74, 6) is -2.89. The Hall–Kier alpha value is -3.20. The zero-order chi connectivity index (χ0) is 28.0. The first-order valence-corrected chi connectivity index (χ1v) is 11.8. The smallest absolute Gasteiger partial charge is 0.337 e. The Kier molecular flexibility index (Phi) is 10.1. The first-order chi connectivity index (χ1) is 18.1. The first-order valence-electron chi connectivity index (χ1n) is 11.8. The summed E-state index contributed by atoms with van der Waals surface area (Å²) in [5.41, 5.74) is 0.927. The number of hydrogen-bond donors (Lipinski definition) is 6. The molecule has 1 aromatic carbocycles. The molecule has 0 aliphatic carbocycles. The summed E-state index contributed by atoms with van der Waals surface area (Å²) in [4.78, 5) is 25.1. The molecule has 13 nitrogen and oxygen atoms in total. The van der Waals surface area contributed by atoms with Gasteiger partial charge < -0.3 is 54.3 Å². The van der Waals surface area contributed by atoms with E-state index in [1.807, 2.05) is 0 Å². The van der Waals surface area contributed by atoms with E-state index in [0.29, 0.717) is 11.1 Å². The highest BCUT2D eigenvalue weighted by molar-refractivity contribution is 5.90. The molecule has 13 heteroatoms. The maximum atomic E-state index is 12.7. The van der Waals surface area contributed by atoms with Crippen molar-refractivity contribution in [3.63, 3.8) is 0 Å². The van der Waals surface area contributed by atoms with E-state index in [1.54, 1.807) is 19.1 Å². The van der Waals surface area contributed by atoms with Crippen LogP contribution >= 0.6 is 0 Å². The number of hydrogen-bond acceptors (Lipinski definition) is 13. The molecule has 0 saturated carbocycles. The van der Waals surface area contributed by atoms with Crippen LogP contribution in [0.3, 0.4) is 0 Å². The second kappa shape index (κ2) is 13.0. The standard InChI is InChI=1S/C25H32O13/c1-3-13-14(9-19(29)35-7-6-12-4-5-16(27)17(28)8-12)15(23(33)34-2)11-36-24(13)38-25-22(32)21(31)20(30)18(10-26)37-25/h3-5,8,11,14,18,20-22,24-28,30-32H,6-7,9-10H2,1-2H3/b13-3-/t14?,18-,20-,21+,22-,24?,25+/m0/s1. The summed E-state index contributed by atoms with van der Waals surface area (Å²) in [6.07, 6.45) is -6.39. The highest BCUT2D eigenvalue weighted by Crippen LogP contribution is 2.36. The highest BCUT2D eigenvalue weighted by atomic mass is 16.8. The van der Waals surface area contributed by atoms with Crippen LogP contribution in [0.5, 0.6) is 11.5 Å². The van der Waals surface area contributed by atoms with Crippen molar-refractivity contribution in [3.05, 3.63) is 47.2 Å². The molecule has 3 rings (SSSR count). The van der Waals surface area contributed by atoms with Gasteiger partial charge in [0, 0.05) is 17.9 Å². The third-order valence-corrected chi connectivity index (χ3v) is 6.29. The number of methoxy groups -OCH3 is 1. The zero-order valence-electron chi connectivity index (χ0n) is 20.8. The molecule has 2 heterocycles. The van der Waals surface area contributed by atoms with Crippen molar-refractivity contribution in [3.8, 4) is 11.5 Å². The fourth-order valence-corrected chi connectivity index (χ4v) is 4.16. The van der Waals surface area contributed by atoms with E-state index in [-0.39, 0.29) is 36.5 Å². The fourth-order valence-electron chi connectivity index (χ4n) is 4.16. The second-order valence-electron chi connectivity index (χ2n) is 8.71. The quantitative estimate of drug-likeness (QED) is 0.131. The first kappa shape index (κ1) is 29.4. The van der Waals surface area contributed by atoms with Gasteiger partial charge in [-0.1, -0.05) is 12.1 Å². The van der Waals surface area contributed by atoms with Crippen LogP contribution in [0.15, 0.2) is 41.7 Å². The van der Waals surface area contributed by atoms with Gasteiger partial charge in [0.2, 0.25) is 6.29 Å². The summed E-state index contributed by atoms with van der Waals surface area (Å²) in [5, 5.41) is 58.8. The lowest BCUT2D eigenvalue weighted by atomic mass is 9.86. The number of carbonyl (C=O) groups excluding carboxylic acids is 2. The lowest BCUT2D eigenvalue weighted by molar-refractivity contribution is -0.327. The number of allylic oxidation sites excluding steroid dienone is 1. The third kappa shape index (κ3) is 6.62. The number of phenolic OH excluding ortho intramolecular Hbond substituents is 2. The molecule has 1 aromatic rings. The van der Waals surface area contributed by atoms with Crippen LogP contribution in [0.25, 0.3) is 0 Å². The molecule has 210 valence electrons. The van der Waals surface area contributed by atoms with E-state index in [0.717, 1.165) is 13.4 Å². The van der Waals surface area contributed by atoms with Gasteiger partial charge in [-0.3, -0.25) is 4.79 Å². The number of aliphatic hydroxyl groups excluding tert-OH is 4. The minimum Gasteiger partial charge on any atom is -0.504 e. The highest BCUT2D eigenvalue weighted by Gasteiger charge is 2.46. The summed E-state index contributed by atoms with van der Waals surface area (Å²) < 4.78 is 26.7. The van der Waals surface area contributed by atoms with E-state index in [9.17, 15) is 40.2 Å². The average molecular weight is 541 g/mol. The largest absolute Gasteiger partial charge is 0.504 e. The number of esters is 2. The molecule has 2 aliphatic heterocycles. The Morgan fingerprint density at radius 1 is 1.08 bits per heavy atom. The molecule has 0 aromatic heterocycles. The molecule has 1 fully saturated rings. The minimum absolute atomic E-state index is 0.00894. The number of benzene rings is 1. The molecule has 6 N–H and O–H groups in total. The second-order valence-corrected chi connectivity index (χ2v) is 8.71. The van der Waals surface area contributed by atoms with Crippen LogP contribution in [0.4, 0.5) is 0 Å². The van der Waals surface area contributed by atoms with E-state index in [4.69, 9.17) is 23.7 Å². The van der Waals surface area contributed by atoms with Crippen LogP contribution < -0.4 is 0 Å². The minimum atomic E-state index is -1.69. The number of aromatic hydroxyl groups is 2. The third-order valence-electron chi connectivity index (χ3n) is 6.29. The average Bonchev–Trinajstić information content (AvgIpc) is 2.90. The van der Waals surface area contributed by atoms with Gasteiger partial charge in [-0.25, -0.2) is 4.79 Å². The van der Waals surface area contributed by atoms with Gasteiger partial charge in [-0.2, -0.15) is 0 Å². The van der Waals surface area contributed by atoms with Crippen LogP contribution in [0.1, 0.15) is 18.9 Å². The predicted octanol–water partition coefficient (Wildman–Crippen LogP) is -0.634. The Morgan fingerprint density at radius 2 is 1.82 bits per heavy atom. The van der Waals surface area contributed by atoms with Gasteiger partial charge in [-0.05, 0) is 24.6 Å². The number of phenols is 2. The molecule has 0 bridgehead atoms. The molecular formula is C25H32O13. The van der Waals surface area contributed by atoms with Gasteiger partial charge >= 0.3 is 11.9 Å².